The van der Waals surface area contributed by atoms with E-state index in [-0.39, 0.29) is 23.8 Å². The van der Waals surface area contributed by atoms with Gasteiger partial charge in [-0.3, -0.25) is 0 Å². The molecule has 0 aliphatic carbocycles. The molecule has 1 aromatic heterocycles. The van der Waals surface area contributed by atoms with Gasteiger partial charge in [0.25, 0.3) is 0 Å². The molecule has 1 aromatic carbocycles. The number of hydrogen-bond acceptors (Lipinski definition) is 6. The topological polar surface area (TPSA) is 99.1 Å². The number of rotatable bonds is 3. The Bertz CT molecular complexity index is 654. The Morgan fingerprint density at radius 3 is 2.72 bits per heavy atom. The minimum absolute atomic E-state index is 0. The molecule has 0 saturated heterocycles. The summed E-state index contributed by atoms with van der Waals surface area (Å²) < 4.78 is 25.0. The smallest absolute Gasteiger partial charge is 0.196 e. The molecule has 0 aliphatic heterocycles. The fraction of sp³-hybridized carbons (Fsp3) is 0.300. The van der Waals surface area contributed by atoms with E-state index in [1.165, 1.54) is 11.3 Å². The van der Waals surface area contributed by atoms with Crippen molar-refractivity contribution in [3.8, 4) is 0 Å². The number of halogens is 1. The molecule has 5 nitrogen and oxygen atoms in total. The van der Waals surface area contributed by atoms with Gasteiger partial charge in [0.05, 0.1) is 20.6 Å². The van der Waals surface area contributed by atoms with Crippen LogP contribution in [0.3, 0.4) is 0 Å². The van der Waals surface area contributed by atoms with Gasteiger partial charge in [0, 0.05) is 6.54 Å². The highest BCUT2D eigenvalue weighted by molar-refractivity contribution is 7.92. The van der Waals surface area contributed by atoms with Crippen molar-refractivity contribution in [2.24, 2.45) is 11.5 Å². The summed E-state index contributed by atoms with van der Waals surface area (Å²) in [6.45, 7) is 1.79. The standard InChI is InChI=1S/C10H13N3O2S2.ClH/c1-6-2-3-7(10-9(6)13-5-16-10)17(14,15)8(12)4-11;/h2-3,5,8H,4,11-12H2,1H3;1H. The van der Waals surface area contributed by atoms with Crippen LogP contribution in [0, 0.1) is 6.92 Å². The maximum Gasteiger partial charge on any atom is 0.196 e. The van der Waals surface area contributed by atoms with Gasteiger partial charge in [-0.2, -0.15) is 0 Å². The highest BCUT2D eigenvalue weighted by atomic mass is 35.5. The van der Waals surface area contributed by atoms with Crippen molar-refractivity contribution in [1.82, 2.24) is 4.98 Å². The van der Waals surface area contributed by atoms with Crippen molar-refractivity contribution in [2.75, 3.05) is 6.54 Å². The molecular formula is C10H14ClN3O2S2. The number of nitrogens with two attached hydrogens (primary N) is 2. The maximum atomic E-state index is 12.2. The first-order valence-corrected chi connectivity index (χ1v) is 7.43. The first-order valence-electron chi connectivity index (χ1n) is 5.01. The normalized spacial score (nSPS) is 13.3. The lowest BCUT2D eigenvalue weighted by atomic mass is 10.2. The van der Waals surface area contributed by atoms with Gasteiger partial charge in [0.1, 0.15) is 5.37 Å². The van der Waals surface area contributed by atoms with Gasteiger partial charge < -0.3 is 11.5 Å². The monoisotopic (exact) mass is 307 g/mol. The third-order valence-electron chi connectivity index (χ3n) is 2.59. The minimum Gasteiger partial charge on any atom is -0.328 e. The fourth-order valence-electron chi connectivity index (χ4n) is 1.57. The number of nitrogens with zero attached hydrogens (tertiary/aromatic N) is 1. The van der Waals surface area contributed by atoms with Gasteiger partial charge in [-0.1, -0.05) is 6.07 Å². The summed E-state index contributed by atoms with van der Waals surface area (Å²) in [5, 5.41) is -1.07. The van der Waals surface area contributed by atoms with E-state index in [1.54, 1.807) is 17.6 Å². The van der Waals surface area contributed by atoms with Crippen LogP contribution in [-0.4, -0.2) is 25.3 Å². The number of hydrogen-bond donors (Lipinski definition) is 2. The first kappa shape index (κ1) is 15.3. The Hall–Kier alpha value is -0.730. The second-order valence-corrected chi connectivity index (χ2v) is 6.72. The Labute approximate surface area is 116 Å². The summed E-state index contributed by atoms with van der Waals surface area (Å²) in [5.41, 5.74) is 14.2. The molecule has 0 radical (unpaired) electrons. The van der Waals surface area contributed by atoms with E-state index in [9.17, 15) is 8.42 Å². The van der Waals surface area contributed by atoms with Gasteiger partial charge in [-0.05, 0) is 18.6 Å². The van der Waals surface area contributed by atoms with Gasteiger partial charge in [-0.15, -0.1) is 23.7 Å². The van der Waals surface area contributed by atoms with Crippen LogP contribution in [0.2, 0.25) is 0 Å². The highest BCUT2D eigenvalue weighted by Crippen LogP contribution is 2.29. The van der Waals surface area contributed by atoms with E-state index in [1.807, 2.05) is 6.92 Å². The number of aryl methyl sites for hydroxylation is 1. The number of benzene rings is 1. The van der Waals surface area contributed by atoms with Crippen molar-refractivity contribution in [2.45, 2.75) is 17.2 Å². The predicted molar refractivity (Wildman–Crippen MR) is 75.8 cm³/mol. The maximum absolute atomic E-state index is 12.2. The quantitative estimate of drug-likeness (QED) is 0.883. The third kappa shape index (κ3) is 2.36. The number of sulfone groups is 1. The van der Waals surface area contributed by atoms with Crippen molar-refractivity contribution in [3.63, 3.8) is 0 Å². The summed E-state index contributed by atoms with van der Waals surface area (Å²) in [4.78, 5) is 4.38. The molecule has 0 saturated carbocycles. The largest absolute Gasteiger partial charge is 0.328 e. The molecule has 18 heavy (non-hydrogen) atoms. The van der Waals surface area contributed by atoms with Crippen LogP contribution >= 0.6 is 23.7 Å². The van der Waals surface area contributed by atoms with Crippen LogP contribution in [0.5, 0.6) is 0 Å². The van der Waals surface area contributed by atoms with Crippen molar-refractivity contribution < 1.29 is 8.42 Å². The molecule has 4 N–H and O–H groups in total. The van der Waals surface area contributed by atoms with Gasteiger partial charge in [0.2, 0.25) is 0 Å². The molecule has 0 amide bonds. The zero-order chi connectivity index (χ0) is 12.6. The summed E-state index contributed by atoms with van der Waals surface area (Å²) in [6.07, 6.45) is 0. The van der Waals surface area contributed by atoms with E-state index in [4.69, 9.17) is 11.5 Å². The van der Waals surface area contributed by atoms with Gasteiger partial charge in [0.15, 0.2) is 9.84 Å². The second-order valence-electron chi connectivity index (χ2n) is 3.73. The molecule has 1 unspecified atom stereocenters. The zero-order valence-corrected chi connectivity index (χ0v) is 12.1. The number of thiazole rings is 1. The van der Waals surface area contributed by atoms with Crippen LogP contribution in [0.15, 0.2) is 22.5 Å². The number of fused-ring (bicyclic) bond motifs is 1. The SMILES string of the molecule is Cc1ccc(S(=O)(=O)C(N)CN)c2scnc12.Cl. The lowest BCUT2D eigenvalue weighted by molar-refractivity contribution is 0.582. The zero-order valence-electron chi connectivity index (χ0n) is 9.66. The first-order chi connectivity index (χ1) is 7.98. The van der Waals surface area contributed by atoms with E-state index in [0.29, 0.717) is 10.2 Å². The molecule has 0 spiro atoms. The van der Waals surface area contributed by atoms with Crippen molar-refractivity contribution in [1.29, 1.82) is 0 Å². The van der Waals surface area contributed by atoms with Crippen LogP contribution in [0.25, 0.3) is 10.2 Å². The third-order valence-corrected chi connectivity index (χ3v) is 5.52. The van der Waals surface area contributed by atoms with Crippen molar-refractivity contribution >= 4 is 43.8 Å². The molecule has 8 heteroatoms. The number of aromatic nitrogens is 1. The molecule has 0 aliphatic rings. The summed E-state index contributed by atoms with van der Waals surface area (Å²) in [5.74, 6) is 0. The Morgan fingerprint density at radius 2 is 2.11 bits per heavy atom. The molecule has 2 aromatic rings. The second kappa shape index (κ2) is 5.50. The Morgan fingerprint density at radius 1 is 1.44 bits per heavy atom. The summed E-state index contributed by atoms with van der Waals surface area (Å²) in [7, 11) is -3.58. The van der Waals surface area contributed by atoms with Gasteiger partial charge >= 0.3 is 0 Å². The average Bonchev–Trinajstić information content (AvgIpc) is 2.77. The lowest BCUT2D eigenvalue weighted by Gasteiger charge is -2.11. The van der Waals surface area contributed by atoms with E-state index < -0.39 is 15.2 Å². The lowest BCUT2D eigenvalue weighted by Crippen LogP contribution is -2.37. The molecular weight excluding hydrogens is 294 g/mol. The van der Waals surface area contributed by atoms with E-state index in [0.717, 1.165) is 5.56 Å². The van der Waals surface area contributed by atoms with E-state index >= 15 is 0 Å². The molecule has 1 atom stereocenters. The molecule has 0 bridgehead atoms. The molecule has 0 fully saturated rings. The van der Waals surface area contributed by atoms with Crippen LogP contribution < -0.4 is 11.5 Å². The molecule has 100 valence electrons. The predicted octanol–water partition coefficient (Wildman–Crippen LogP) is 1.04. The molecule has 1 heterocycles. The summed E-state index contributed by atoms with van der Waals surface area (Å²) in [6, 6.07) is 3.30. The highest BCUT2D eigenvalue weighted by Gasteiger charge is 2.25. The average molecular weight is 308 g/mol. The Kier molecular flexibility index (Phi) is 4.68. The minimum atomic E-state index is -3.58. The van der Waals surface area contributed by atoms with Crippen LogP contribution in [-0.2, 0) is 9.84 Å². The van der Waals surface area contributed by atoms with Crippen LogP contribution in [0.1, 0.15) is 5.56 Å². The van der Waals surface area contributed by atoms with Crippen molar-refractivity contribution in [3.05, 3.63) is 23.2 Å². The summed E-state index contributed by atoms with van der Waals surface area (Å²) >= 11 is 1.30. The fourth-order valence-corrected chi connectivity index (χ4v) is 4.03. The van der Waals surface area contributed by atoms with Gasteiger partial charge in [-0.25, -0.2) is 13.4 Å². The van der Waals surface area contributed by atoms with E-state index in [2.05, 4.69) is 4.98 Å². The van der Waals surface area contributed by atoms with Crippen LogP contribution in [0.4, 0.5) is 0 Å². The Balaban J connectivity index is 0.00000162. The molecule has 2 rings (SSSR count).